The summed E-state index contributed by atoms with van der Waals surface area (Å²) in [6.45, 7) is 0. The first-order valence-electron chi connectivity index (χ1n) is 4.94. The molecule has 0 aliphatic rings. The highest BCUT2D eigenvalue weighted by Crippen LogP contribution is 2.38. The number of alkyl halides is 3. The molecule has 0 bridgehead atoms. The number of H-pyrrole nitrogens is 1. The highest BCUT2D eigenvalue weighted by Gasteiger charge is 2.33. The smallest absolute Gasteiger partial charge is 0.328 e. The predicted molar refractivity (Wildman–Crippen MR) is 62.5 cm³/mol. The van der Waals surface area contributed by atoms with E-state index in [1.54, 1.807) is 0 Å². The van der Waals surface area contributed by atoms with E-state index in [1.165, 1.54) is 24.4 Å². The molecule has 0 amide bonds. The van der Waals surface area contributed by atoms with Crippen molar-refractivity contribution in [2.75, 3.05) is 0 Å². The van der Waals surface area contributed by atoms with Crippen molar-refractivity contribution in [3.8, 4) is 11.1 Å². The average molecular weight is 274 g/mol. The minimum Gasteiger partial charge on any atom is -0.328 e. The molecule has 0 unspecified atom stereocenters. The molecule has 1 aromatic carbocycles. The topological polar surface area (TPSA) is 32.9 Å². The fourth-order valence-corrected chi connectivity index (χ4v) is 1.84. The molecule has 1 heterocycles. The number of benzene rings is 1. The van der Waals surface area contributed by atoms with Gasteiger partial charge < -0.3 is 4.98 Å². The van der Waals surface area contributed by atoms with E-state index in [0.717, 1.165) is 12.1 Å². The Morgan fingerprint density at radius 1 is 1.11 bits per heavy atom. The van der Waals surface area contributed by atoms with Crippen LogP contribution in [0, 0.1) is 0 Å². The van der Waals surface area contributed by atoms with Crippen LogP contribution in [0.25, 0.3) is 11.1 Å². The van der Waals surface area contributed by atoms with Gasteiger partial charge >= 0.3 is 6.18 Å². The van der Waals surface area contributed by atoms with E-state index in [4.69, 9.17) is 11.6 Å². The molecule has 0 atom stereocenters. The summed E-state index contributed by atoms with van der Waals surface area (Å²) in [4.78, 5) is 13.5. The number of aromatic nitrogens is 1. The number of aromatic amines is 1. The monoisotopic (exact) mass is 273 g/mol. The van der Waals surface area contributed by atoms with Gasteiger partial charge in [-0.2, -0.15) is 13.2 Å². The van der Waals surface area contributed by atoms with Crippen molar-refractivity contribution in [2.45, 2.75) is 6.18 Å². The summed E-state index contributed by atoms with van der Waals surface area (Å²) in [5.74, 6) is 0. The van der Waals surface area contributed by atoms with Gasteiger partial charge in [-0.05, 0) is 11.6 Å². The van der Waals surface area contributed by atoms with E-state index in [-0.39, 0.29) is 16.1 Å². The average Bonchev–Trinajstić information content (AvgIpc) is 2.31. The van der Waals surface area contributed by atoms with Gasteiger partial charge in [-0.1, -0.05) is 29.8 Å². The lowest BCUT2D eigenvalue weighted by Crippen LogP contribution is -2.09. The van der Waals surface area contributed by atoms with Crippen molar-refractivity contribution in [1.29, 1.82) is 0 Å². The Hall–Kier alpha value is -1.75. The third-order valence-corrected chi connectivity index (χ3v) is 2.71. The molecule has 0 spiro atoms. The van der Waals surface area contributed by atoms with E-state index >= 15 is 0 Å². The molecule has 2 nitrogen and oxygen atoms in total. The van der Waals surface area contributed by atoms with Crippen LogP contribution in [-0.4, -0.2) is 4.98 Å². The van der Waals surface area contributed by atoms with E-state index in [2.05, 4.69) is 4.98 Å². The molecule has 18 heavy (non-hydrogen) atoms. The number of hydrogen-bond donors (Lipinski definition) is 1. The third-order valence-electron chi connectivity index (χ3n) is 2.40. The molecule has 0 saturated carbocycles. The van der Waals surface area contributed by atoms with Gasteiger partial charge in [0.25, 0.3) is 0 Å². The van der Waals surface area contributed by atoms with Gasteiger partial charge in [0.2, 0.25) is 5.56 Å². The molecule has 0 saturated heterocycles. The molecule has 0 aliphatic heterocycles. The van der Waals surface area contributed by atoms with Crippen LogP contribution in [0.5, 0.6) is 0 Å². The Labute approximate surface area is 105 Å². The van der Waals surface area contributed by atoms with Gasteiger partial charge in [0.15, 0.2) is 0 Å². The van der Waals surface area contributed by atoms with E-state index in [0.29, 0.717) is 0 Å². The summed E-state index contributed by atoms with van der Waals surface area (Å²) in [5.41, 5.74) is -1.38. The highest BCUT2D eigenvalue weighted by molar-refractivity contribution is 6.33. The minimum atomic E-state index is -4.50. The summed E-state index contributed by atoms with van der Waals surface area (Å²) in [5, 5.41) is 0.0614. The van der Waals surface area contributed by atoms with Crippen LogP contribution < -0.4 is 5.56 Å². The molecular weight excluding hydrogens is 267 g/mol. The maximum absolute atomic E-state index is 12.8. The maximum atomic E-state index is 12.8. The Morgan fingerprint density at radius 2 is 1.78 bits per heavy atom. The highest BCUT2D eigenvalue weighted by atomic mass is 35.5. The Bertz CT molecular complexity index is 634. The Kier molecular flexibility index (Phi) is 3.17. The summed E-state index contributed by atoms with van der Waals surface area (Å²) >= 11 is 5.82. The van der Waals surface area contributed by atoms with Crippen LogP contribution >= 0.6 is 11.6 Å². The van der Waals surface area contributed by atoms with Gasteiger partial charge in [0.05, 0.1) is 10.6 Å². The lowest BCUT2D eigenvalue weighted by Gasteiger charge is -2.13. The fourth-order valence-electron chi connectivity index (χ4n) is 1.63. The van der Waals surface area contributed by atoms with Crippen molar-refractivity contribution in [3.05, 3.63) is 57.5 Å². The number of hydrogen-bond acceptors (Lipinski definition) is 1. The largest absolute Gasteiger partial charge is 0.417 e. The summed E-state index contributed by atoms with van der Waals surface area (Å²) in [7, 11) is 0. The number of nitrogens with one attached hydrogen (secondary N) is 1. The SMILES string of the molecule is O=c1cc(-c2ccccc2C(F)(F)F)c(Cl)c[nH]1. The lowest BCUT2D eigenvalue weighted by atomic mass is 10.0. The molecule has 2 rings (SSSR count). The normalized spacial score (nSPS) is 11.6. The van der Waals surface area contributed by atoms with Crippen molar-refractivity contribution in [3.63, 3.8) is 0 Å². The van der Waals surface area contributed by atoms with Gasteiger partial charge in [-0.25, -0.2) is 0 Å². The standard InChI is InChI=1S/C12H7ClF3NO/c13-10-6-17-11(18)5-8(10)7-3-1-2-4-9(7)12(14,15)16/h1-6H,(H,17,18). The number of pyridine rings is 1. The first kappa shape index (κ1) is 12.7. The van der Waals surface area contributed by atoms with Gasteiger partial charge in [0, 0.05) is 17.8 Å². The zero-order chi connectivity index (χ0) is 13.3. The van der Waals surface area contributed by atoms with Crippen molar-refractivity contribution < 1.29 is 13.2 Å². The minimum absolute atomic E-state index is 0.0614. The third kappa shape index (κ3) is 2.41. The second-order valence-corrected chi connectivity index (χ2v) is 4.01. The van der Waals surface area contributed by atoms with Gasteiger partial charge in [-0.15, -0.1) is 0 Å². The second-order valence-electron chi connectivity index (χ2n) is 3.60. The molecule has 1 aromatic heterocycles. The Morgan fingerprint density at radius 3 is 2.44 bits per heavy atom. The van der Waals surface area contributed by atoms with Crippen LogP contribution in [0.1, 0.15) is 5.56 Å². The van der Waals surface area contributed by atoms with Crippen LogP contribution in [0.2, 0.25) is 5.02 Å². The van der Waals surface area contributed by atoms with Gasteiger partial charge in [0.1, 0.15) is 0 Å². The molecule has 0 fully saturated rings. The maximum Gasteiger partial charge on any atom is 0.417 e. The summed E-state index contributed by atoms with van der Waals surface area (Å²) in [6, 6.07) is 6.03. The molecular formula is C12H7ClF3NO. The first-order chi connectivity index (χ1) is 8.39. The molecule has 2 aromatic rings. The number of halogens is 4. The number of rotatable bonds is 1. The second kappa shape index (κ2) is 4.49. The van der Waals surface area contributed by atoms with Crippen LogP contribution in [0.15, 0.2) is 41.3 Å². The van der Waals surface area contributed by atoms with Crippen molar-refractivity contribution >= 4 is 11.6 Å². The van der Waals surface area contributed by atoms with Crippen LogP contribution in [0.4, 0.5) is 13.2 Å². The first-order valence-corrected chi connectivity index (χ1v) is 5.32. The summed E-state index contributed by atoms with van der Waals surface area (Å²) in [6.07, 6.45) is -3.32. The quantitative estimate of drug-likeness (QED) is 0.844. The van der Waals surface area contributed by atoms with Crippen LogP contribution in [-0.2, 0) is 6.18 Å². The lowest BCUT2D eigenvalue weighted by molar-refractivity contribution is -0.137. The molecule has 0 aliphatic carbocycles. The predicted octanol–water partition coefficient (Wildman–Crippen LogP) is 3.71. The zero-order valence-corrected chi connectivity index (χ0v) is 9.64. The Balaban J connectivity index is 2.72. The van der Waals surface area contributed by atoms with Crippen molar-refractivity contribution in [1.82, 2.24) is 4.98 Å². The molecule has 1 N–H and O–H groups in total. The van der Waals surface area contributed by atoms with Crippen molar-refractivity contribution in [2.24, 2.45) is 0 Å². The van der Waals surface area contributed by atoms with Crippen LogP contribution in [0.3, 0.4) is 0 Å². The van der Waals surface area contributed by atoms with E-state index in [9.17, 15) is 18.0 Å². The molecule has 0 radical (unpaired) electrons. The zero-order valence-electron chi connectivity index (χ0n) is 8.88. The van der Waals surface area contributed by atoms with E-state index < -0.39 is 17.3 Å². The van der Waals surface area contributed by atoms with Gasteiger partial charge in [-0.3, -0.25) is 4.79 Å². The molecule has 94 valence electrons. The molecule has 6 heteroatoms. The van der Waals surface area contributed by atoms with E-state index in [1.807, 2.05) is 0 Å². The fraction of sp³-hybridized carbons (Fsp3) is 0.0833. The summed E-state index contributed by atoms with van der Waals surface area (Å²) < 4.78 is 38.5.